The number of benzene rings is 2. The van der Waals surface area contributed by atoms with Gasteiger partial charge in [-0.1, -0.05) is 25.1 Å². The second kappa shape index (κ2) is 7.31. The predicted octanol–water partition coefficient (Wildman–Crippen LogP) is 4.49. The van der Waals surface area contributed by atoms with Crippen LogP contribution in [0, 0.1) is 0 Å². The highest BCUT2D eigenvalue weighted by Crippen LogP contribution is 2.35. The summed E-state index contributed by atoms with van der Waals surface area (Å²) in [6, 6.07) is 13.5. The molecule has 20 heavy (non-hydrogen) atoms. The van der Waals surface area contributed by atoms with Crippen LogP contribution in [0.25, 0.3) is 0 Å². The van der Waals surface area contributed by atoms with Gasteiger partial charge in [0, 0.05) is 6.54 Å². The summed E-state index contributed by atoms with van der Waals surface area (Å²) in [6.07, 6.45) is 0.962. The highest BCUT2D eigenvalue weighted by atomic mass is 79.9. The zero-order valence-electron chi connectivity index (χ0n) is 11.4. The molecule has 0 aliphatic heterocycles. The van der Waals surface area contributed by atoms with Crippen molar-refractivity contribution in [1.29, 1.82) is 0 Å². The molecule has 0 heterocycles. The van der Waals surface area contributed by atoms with Crippen LogP contribution >= 0.6 is 15.9 Å². The molecule has 0 radical (unpaired) electrons. The van der Waals surface area contributed by atoms with Crippen LogP contribution in [-0.4, -0.2) is 6.61 Å². The van der Waals surface area contributed by atoms with Crippen molar-refractivity contribution in [3.05, 3.63) is 52.5 Å². The van der Waals surface area contributed by atoms with E-state index in [0.717, 1.165) is 28.0 Å². The highest BCUT2D eigenvalue weighted by molar-refractivity contribution is 9.10. The molecule has 2 aromatic carbocycles. The molecule has 0 fully saturated rings. The monoisotopic (exact) mass is 335 g/mol. The molecule has 4 heteroatoms. The number of rotatable bonds is 6. The van der Waals surface area contributed by atoms with Gasteiger partial charge in [0.2, 0.25) is 0 Å². The molecule has 3 nitrogen and oxygen atoms in total. The minimum Gasteiger partial charge on any atom is -0.490 e. The van der Waals surface area contributed by atoms with Crippen LogP contribution in [0.5, 0.6) is 17.2 Å². The fourth-order valence-electron chi connectivity index (χ4n) is 1.74. The minimum atomic E-state index is 0.509. The standard InChI is InChI=1S/C16H18BrNO2/c1-2-9-19-15-5-3-4-6-16(15)20-14-8-7-12(11-18)10-13(14)17/h3-8,10H,2,9,11,18H2,1H3. The summed E-state index contributed by atoms with van der Waals surface area (Å²) < 4.78 is 12.5. The molecule has 0 saturated carbocycles. The van der Waals surface area contributed by atoms with Crippen molar-refractivity contribution in [3.8, 4) is 17.2 Å². The lowest BCUT2D eigenvalue weighted by atomic mass is 10.2. The summed E-state index contributed by atoms with van der Waals surface area (Å²) in [4.78, 5) is 0. The summed E-state index contributed by atoms with van der Waals surface area (Å²) in [7, 11) is 0. The summed E-state index contributed by atoms with van der Waals surface area (Å²) in [5.74, 6) is 2.21. The van der Waals surface area contributed by atoms with Gasteiger partial charge in [0.05, 0.1) is 11.1 Å². The SMILES string of the molecule is CCCOc1ccccc1Oc1ccc(CN)cc1Br. The first kappa shape index (κ1) is 14.9. The Morgan fingerprint density at radius 2 is 1.80 bits per heavy atom. The van der Waals surface area contributed by atoms with Crippen LogP contribution in [-0.2, 0) is 6.54 Å². The maximum atomic E-state index is 5.92. The van der Waals surface area contributed by atoms with Gasteiger partial charge < -0.3 is 15.2 Å². The lowest BCUT2D eigenvalue weighted by Gasteiger charge is -2.13. The number of nitrogens with two attached hydrogens (primary N) is 1. The first-order chi connectivity index (χ1) is 9.74. The molecule has 0 unspecified atom stereocenters. The van der Waals surface area contributed by atoms with Gasteiger partial charge in [0.1, 0.15) is 5.75 Å². The zero-order valence-corrected chi connectivity index (χ0v) is 13.0. The van der Waals surface area contributed by atoms with E-state index in [2.05, 4.69) is 22.9 Å². The smallest absolute Gasteiger partial charge is 0.169 e. The Labute approximate surface area is 127 Å². The molecule has 0 aromatic heterocycles. The van der Waals surface area contributed by atoms with Gasteiger partial charge in [-0.15, -0.1) is 0 Å². The van der Waals surface area contributed by atoms with Crippen molar-refractivity contribution in [3.63, 3.8) is 0 Å². The molecule has 0 bridgehead atoms. The highest BCUT2D eigenvalue weighted by Gasteiger charge is 2.08. The Bertz CT molecular complexity index is 572. The number of hydrogen-bond donors (Lipinski definition) is 1. The molecule has 2 aromatic rings. The van der Waals surface area contributed by atoms with Gasteiger partial charge in [0.25, 0.3) is 0 Å². The van der Waals surface area contributed by atoms with Gasteiger partial charge in [-0.05, 0) is 52.2 Å². The Morgan fingerprint density at radius 1 is 1.05 bits per heavy atom. The fourth-order valence-corrected chi connectivity index (χ4v) is 2.25. The largest absolute Gasteiger partial charge is 0.490 e. The summed E-state index contributed by atoms with van der Waals surface area (Å²) in [6.45, 7) is 3.26. The van der Waals surface area contributed by atoms with Crippen molar-refractivity contribution in [2.24, 2.45) is 5.73 Å². The summed E-state index contributed by atoms with van der Waals surface area (Å²) >= 11 is 3.50. The van der Waals surface area contributed by atoms with Crippen LogP contribution < -0.4 is 15.2 Å². The van der Waals surface area contributed by atoms with Crippen molar-refractivity contribution in [2.75, 3.05) is 6.61 Å². The first-order valence-corrected chi connectivity index (χ1v) is 7.42. The minimum absolute atomic E-state index is 0.509. The van der Waals surface area contributed by atoms with E-state index in [4.69, 9.17) is 15.2 Å². The van der Waals surface area contributed by atoms with Crippen LogP contribution in [0.15, 0.2) is 46.9 Å². The molecule has 0 saturated heterocycles. The maximum absolute atomic E-state index is 5.92. The van der Waals surface area contributed by atoms with Crippen molar-refractivity contribution < 1.29 is 9.47 Å². The Balaban J connectivity index is 2.21. The molecule has 106 valence electrons. The third kappa shape index (κ3) is 3.74. The topological polar surface area (TPSA) is 44.5 Å². The van der Waals surface area contributed by atoms with E-state index in [1.807, 2.05) is 42.5 Å². The van der Waals surface area contributed by atoms with Crippen molar-refractivity contribution in [1.82, 2.24) is 0 Å². The van der Waals surface area contributed by atoms with Crippen LogP contribution in [0.4, 0.5) is 0 Å². The predicted molar refractivity (Wildman–Crippen MR) is 84.3 cm³/mol. The zero-order chi connectivity index (χ0) is 14.4. The average molecular weight is 336 g/mol. The second-order valence-electron chi connectivity index (χ2n) is 4.37. The van der Waals surface area contributed by atoms with E-state index in [1.165, 1.54) is 0 Å². The van der Waals surface area contributed by atoms with Gasteiger partial charge >= 0.3 is 0 Å². The molecule has 2 rings (SSSR count). The van der Waals surface area contributed by atoms with Gasteiger partial charge in [-0.2, -0.15) is 0 Å². The molecule has 0 aliphatic carbocycles. The van der Waals surface area contributed by atoms with Gasteiger partial charge in [-0.3, -0.25) is 0 Å². The van der Waals surface area contributed by atoms with Crippen LogP contribution in [0.1, 0.15) is 18.9 Å². The van der Waals surface area contributed by atoms with E-state index in [-0.39, 0.29) is 0 Å². The lowest BCUT2D eigenvalue weighted by Crippen LogP contribution is -1.98. The third-order valence-electron chi connectivity index (χ3n) is 2.76. The quantitative estimate of drug-likeness (QED) is 0.845. The normalized spacial score (nSPS) is 10.3. The fraction of sp³-hybridized carbons (Fsp3) is 0.250. The molecule has 0 spiro atoms. The molecular formula is C16H18BrNO2. The molecular weight excluding hydrogens is 318 g/mol. The average Bonchev–Trinajstić information content (AvgIpc) is 2.48. The van der Waals surface area contributed by atoms with Crippen LogP contribution in [0.3, 0.4) is 0 Å². The van der Waals surface area contributed by atoms with Gasteiger partial charge in [0.15, 0.2) is 11.5 Å². The number of hydrogen-bond acceptors (Lipinski definition) is 3. The Morgan fingerprint density at radius 3 is 2.45 bits per heavy atom. The number of halogens is 1. The summed E-state index contributed by atoms with van der Waals surface area (Å²) in [5, 5.41) is 0. The van der Waals surface area contributed by atoms with E-state index in [0.29, 0.717) is 18.9 Å². The third-order valence-corrected chi connectivity index (χ3v) is 3.38. The van der Waals surface area contributed by atoms with E-state index < -0.39 is 0 Å². The van der Waals surface area contributed by atoms with Crippen molar-refractivity contribution >= 4 is 15.9 Å². The lowest BCUT2D eigenvalue weighted by molar-refractivity contribution is 0.302. The van der Waals surface area contributed by atoms with Crippen molar-refractivity contribution in [2.45, 2.75) is 19.9 Å². The Hall–Kier alpha value is -1.52. The second-order valence-corrected chi connectivity index (χ2v) is 5.22. The Kier molecular flexibility index (Phi) is 5.44. The maximum Gasteiger partial charge on any atom is 0.169 e. The molecule has 0 atom stereocenters. The van der Waals surface area contributed by atoms with E-state index in [1.54, 1.807) is 0 Å². The van der Waals surface area contributed by atoms with Crippen LogP contribution in [0.2, 0.25) is 0 Å². The first-order valence-electron chi connectivity index (χ1n) is 6.62. The number of ether oxygens (including phenoxy) is 2. The van der Waals surface area contributed by atoms with E-state index in [9.17, 15) is 0 Å². The van der Waals surface area contributed by atoms with Gasteiger partial charge in [-0.25, -0.2) is 0 Å². The summed E-state index contributed by atoms with van der Waals surface area (Å²) in [5.41, 5.74) is 6.67. The molecule has 0 amide bonds. The molecule has 2 N–H and O–H groups in total. The van der Waals surface area contributed by atoms with E-state index >= 15 is 0 Å². The molecule has 0 aliphatic rings. The number of para-hydroxylation sites is 2.